The van der Waals surface area contributed by atoms with Crippen molar-refractivity contribution in [3.8, 4) is 11.8 Å². The zero-order chi connectivity index (χ0) is 12.1. The molecule has 0 aliphatic heterocycles. The highest BCUT2D eigenvalue weighted by Crippen LogP contribution is 2.21. The predicted octanol–water partition coefficient (Wildman–Crippen LogP) is 1.78. The van der Waals surface area contributed by atoms with E-state index in [0.717, 1.165) is 12.1 Å². The molecule has 0 bridgehead atoms. The maximum atomic E-state index is 13.3. The Balaban J connectivity index is 3.16. The molecule has 16 heavy (non-hydrogen) atoms. The summed E-state index contributed by atoms with van der Waals surface area (Å²) in [5, 5.41) is 19.1. The van der Waals surface area contributed by atoms with E-state index >= 15 is 0 Å². The molecule has 0 unspecified atom stereocenters. The first kappa shape index (κ1) is 12.1. The SMILES string of the molecule is Cc1cc(F)c(C#CCCO)cc1[N+](=O)[O-]. The number of aliphatic hydroxyl groups excluding tert-OH is 1. The maximum Gasteiger partial charge on any atom is 0.273 e. The number of nitro benzene ring substituents is 1. The normalized spacial score (nSPS) is 9.44. The van der Waals surface area contributed by atoms with Crippen LogP contribution in [0.25, 0.3) is 0 Å². The lowest BCUT2D eigenvalue weighted by Gasteiger charge is -1.99. The molecule has 0 fully saturated rings. The molecular weight excluding hydrogens is 213 g/mol. The quantitative estimate of drug-likeness (QED) is 0.472. The largest absolute Gasteiger partial charge is 0.395 e. The minimum absolute atomic E-state index is 0.0225. The summed E-state index contributed by atoms with van der Waals surface area (Å²) < 4.78 is 13.3. The Bertz CT molecular complexity index is 474. The molecule has 0 amide bonds. The lowest BCUT2D eigenvalue weighted by Crippen LogP contribution is -1.95. The van der Waals surface area contributed by atoms with Gasteiger partial charge in [0, 0.05) is 18.1 Å². The number of hydrogen-bond donors (Lipinski definition) is 1. The molecule has 1 aromatic carbocycles. The van der Waals surface area contributed by atoms with Gasteiger partial charge in [0.25, 0.3) is 5.69 Å². The molecular formula is C11H10FNO3. The topological polar surface area (TPSA) is 63.4 Å². The number of rotatable bonds is 2. The number of benzene rings is 1. The fourth-order valence-corrected chi connectivity index (χ4v) is 1.17. The first-order valence-electron chi connectivity index (χ1n) is 4.60. The Labute approximate surface area is 91.9 Å². The van der Waals surface area contributed by atoms with E-state index in [1.165, 1.54) is 6.92 Å². The van der Waals surface area contributed by atoms with Crippen molar-refractivity contribution in [3.63, 3.8) is 0 Å². The second-order valence-electron chi connectivity index (χ2n) is 3.15. The average molecular weight is 223 g/mol. The Morgan fingerprint density at radius 3 is 2.81 bits per heavy atom. The van der Waals surface area contributed by atoms with Gasteiger partial charge in [0.05, 0.1) is 17.1 Å². The van der Waals surface area contributed by atoms with E-state index in [2.05, 4.69) is 11.8 Å². The van der Waals surface area contributed by atoms with Crippen LogP contribution in [0.4, 0.5) is 10.1 Å². The number of nitrogens with zero attached hydrogens (tertiary/aromatic N) is 1. The van der Waals surface area contributed by atoms with Gasteiger partial charge in [0.1, 0.15) is 5.82 Å². The molecule has 0 aliphatic rings. The van der Waals surface area contributed by atoms with Gasteiger partial charge in [0.15, 0.2) is 0 Å². The van der Waals surface area contributed by atoms with Gasteiger partial charge in [-0.25, -0.2) is 4.39 Å². The van der Waals surface area contributed by atoms with E-state index in [1.54, 1.807) is 0 Å². The van der Waals surface area contributed by atoms with Crippen LogP contribution >= 0.6 is 0 Å². The van der Waals surface area contributed by atoms with Gasteiger partial charge in [-0.2, -0.15) is 0 Å². The number of halogens is 1. The summed E-state index contributed by atoms with van der Waals surface area (Å²) in [6.45, 7) is 1.34. The smallest absolute Gasteiger partial charge is 0.273 e. The predicted molar refractivity (Wildman–Crippen MR) is 56.4 cm³/mol. The van der Waals surface area contributed by atoms with Crippen LogP contribution in [0, 0.1) is 34.7 Å². The second-order valence-corrected chi connectivity index (χ2v) is 3.15. The molecule has 0 saturated carbocycles. The van der Waals surface area contributed by atoms with Crippen LogP contribution < -0.4 is 0 Å². The van der Waals surface area contributed by atoms with Gasteiger partial charge in [-0.05, 0) is 13.0 Å². The van der Waals surface area contributed by atoms with Crippen molar-refractivity contribution >= 4 is 5.69 Å². The van der Waals surface area contributed by atoms with Crippen molar-refractivity contribution in [2.24, 2.45) is 0 Å². The van der Waals surface area contributed by atoms with E-state index in [-0.39, 0.29) is 29.8 Å². The Morgan fingerprint density at radius 2 is 2.25 bits per heavy atom. The molecule has 0 spiro atoms. The van der Waals surface area contributed by atoms with E-state index in [1.807, 2.05) is 0 Å². The highest BCUT2D eigenvalue weighted by atomic mass is 19.1. The Morgan fingerprint density at radius 1 is 1.56 bits per heavy atom. The summed E-state index contributed by atoms with van der Waals surface area (Å²) in [5.41, 5.74) is 0.0793. The summed E-state index contributed by atoms with van der Waals surface area (Å²) in [4.78, 5) is 10.0. The van der Waals surface area contributed by atoms with E-state index in [9.17, 15) is 14.5 Å². The standard InChI is InChI=1S/C11H10FNO3/c1-8-6-10(12)9(4-2-3-5-14)7-11(8)13(15)16/h6-7,14H,3,5H2,1H3. The van der Waals surface area contributed by atoms with Crippen molar-refractivity contribution < 1.29 is 14.4 Å². The number of nitro groups is 1. The molecule has 84 valence electrons. The summed E-state index contributed by atoms with van der Waals surface area (Å²) in [5.74, 6) is 4.37. The zero-order valence-corrected chi connectivity index (χ0v) is 8.66. The van der Waals surface area contributed by atoms with Crippen LogP contribution in [0.5, 0.6) is 0 Å². The summed E-state index contributed by atoms with van der Waals surface area (Å²) in [6.07, 6.45) is 0.209. The molecule has 5 heteroatoms. The first-order chi connectivity index (χ1) is 7.56. The van der Waals surface area contributed by atoms with Gasteiger partial charge in [-0.1, -0.05) is 11.8 Å². The van der Waals surface area contributed by atoms with Crippen molar-refractivity contribution in [3.05, 3.63) is 39.2 Å². The highest BCUT2D eigenvalue weighted by Gasteiger charge is 2.14. The third kappa shape index (κ3) is 2.78. The highest BCUT2D eigenvalue weighted by molar-refractivity contribution is 5.49. The number of aryl methyl sites for hydroxylation is 1. The first-order valence-corrected chi connectivity index (χ1v) is 4.60. The fourth-order valence-electron chi connectivity index (χ4n) is 1.17. The third-order valence-electron chi connectivity index (χ3n) is 1.94. The molecule has 1 aromatic rings. The van der Waals surface area contributed by atoms with Crippen molar-refractivity contribution in [1.82, 2.24) is 0 Å². The van der Waals surface area contributed by atoms with E-state index in [4.69, 9.17) is 5.11 Å². The van der Waals surface area contributed by atoms with Crippen molar-refractivity contribution in [2.45, 2.75) is 13.3 Å². The molecule has 0 saturated heterocycles. The van der Waals surface area contributed by atoms with Crippen LogP contribution in [-0.2, 0) is 0 Å². The molecule has 0 aliphatic carbocycles. The molecule has 4 nitrogen and oxygen atoms in total. The summed E-state index contributed by atoms with van der Waals surface area (Å²) in [6, 6.07) is 2.19. The van der Waals surface area contributed by atoms with Crippen LogP contribution in [0.15, 0.2) is 12.1 Å². The molecule has 0 heterocycles. The summed E-state index contributed by atoms with van der Waals surface area (Å²) in [7, 11) is 0. The van der Waals surface area contributed by atoms with Crippen LogP contribution in [0.2, 0.25) is 0 Å². The Hall–Kier alpha value is -1.93. The molecule has 0 aromatic heterocycles. The van der Waals surface area contributed by atoms with Crippen molar-refractivity contribution in [1.29, 1.82) is 0 Å². The fraction of sp³-hybridized carbons (Fsp3) is 0.273. The van der Waals surface area contributed by atoms with Crippen LogP contribution in [-0.4, -0.2) is 16.6 Å². The third-order valence-corrected chi connectivity index (χ3v) is 1.94. The lowest BCUT2D eigenvalue weighted by molar-refractivity contribution is -0.385. The van der Waals surface area contributed by atoms with E-state index in [0.29, 0.717) is 0 Å². The lowest BCUT2D eigenvalue weighted by atomic mass is 10.1. The van der Waals surface area contributed by atoms with Gasteiger partial charge in [-0.15, -0.1) is 0 Å². The maximum absolute atomic E-state index is 13.3. The van der Waals surface area contributed by atoms with Gasteiger partial charge in [0.2, 0.25) is 0 Å². The molecule has 1 N–H and O–H groups in total. The second kappa shape index (κ2) is 5.24. The number of hydrogen-bond acceptors (Lipinski definition) is 3. The van der Waals surface area contributed by atoms with Gasteiger partial charge >= 0.3 is 0 Å². The summed E-state index contributed by atoms with van der Waals surface area (Å²) >= 11 is 0. The van der Waals surface area contributed by atoms with Crippen LogP contribution in [0.3, 0.4) is 0 Å². The molecule has 0 radical (unpaired) electrons. The van der Waals surface area contributed by atoms with Gasteiger partial charge in [-0.3, -0.25) is 10.1 Å². The van der Waals surface area contributed by atoms with E-state index < -0.39 is 10.7 Å². The number of aliphatic hydroxyl groups is 1. The minimum Gasteiger partial charge on any atom is -0.395 e. The average Bonchev–Trinajstić information content (AvgIpc) is 2.21. The Kier molecular flexibility index (Phi) is 3.97. The van der Waals surface area contributed by atoms with Gasteiger partial charge < -0.3 is 5.11 Å². The molecule has 0 atom stereocenters. The minimum atomic E-state index is -0.589. The van der Waals surface area contributed by atoms with Crippen LogP contribution in [0.1, 0.15) is 17.5 Å². The zero-order valence-electron chi connectivity index (χ0n) is 8.66. The van der Waals surface area contributed by atoms with Crippen molar-refractivity contribution in [2.75, 3.05) is 6.61 Å². The monoisotopic (exact) mass is 223 g/mol. The molecule has 1 rings (SSSR count).